The summed E-state index contributed by atoms with van der Waals surface area (Å²) >= 11 is 0. The van der Waals surface area contributed by atoms with Gasteiger partial charge in [0, 0.05) is 12.3 Å². The Morgan fingerprint density at radius 3 is 2.25 bits per heavy atom. The Morgan fingerprint density at radius 1 is 1.42 bits per heavy atom. The number of sulfone groups is 1. The van der Waals surface area contributed by atoms with Gasteiger partial charge < -0.3 is 10.3 Å². The molecule has 0 atom stereocenters. The summed E-state index contributed by atoms with van der Waals surface area (Å²) in [4.78, 5) is 1.82. The predicted molar refractivity (Wildman–Crippen MR) is 50.6 cm³/mol. The highest BCUT2D eigenvalue weighted by Crippen LogP contribution is 1.91. The third-order valence-electron chi connectivity index (χ3n) is 1.29. The Morgan fingerprint density at radius 2 is 1.92 bits per heavy atom. The fourth-order valence-corrected chi connectivity index (χ4v) is 2.17. The standard InChI is InChI=1S/C7H16N2O2S/c1-7(8)6-12(10,11)5-4-9(2)3/h8H,4-6H2,1-3H3. The number of rotatable bonds is 5. The molecular weight excluding hydrogens is 176 g/mol. The van der Waals surface area contributed by atoms with Crippen LogP contribution in [0.4, 0.5) is 0 Å². The average molecular weight is 192 g/mol. The zero-order valence-electron chi connectivity index (χ0n) is 7.79. The van der Waals surface area contributed by atoms with Crippen LogP contribution >= 0.6 is 0 Å². The number of hydrogen-bond donors (Lipinski definition) is 1. The molecule has 0 bridgehead atoms. The summed E-state index contributed by atoms with van der Waals surface area (Å²) in [6, 6.07) is 0. The summed E-state index contributed by atoms with van der Waals surface area (Å²) < 4.78 is 22.4. The quantitative estimate of drug-likeness (QED) is 0.624. The van der Waals surface area contributed by atoms with Crippen molar-refractivity contribution in [3.05, 3.63) is 0 Å². The minimum Gasteiger partial charge on any atom is -0.309 e. The molecule has 0 radical (unpaired) electrons. The fourth-order valence-electron chi connectivity index (χ4n) is 0.724. The van der Waals surface area contributed by atoms with Gasteiger partial charge in [0.1, 0.15) is 0 Å². The van der Waals surface area contributed by atoms with Crippen LogP contribution in [-0.2, 0) is 9.84 Å². The first-order chi connectivity index (χ1) is 5.33. The third kappa shape index (κ3) is 6.30. The molecule has 0 aliphatic carbocycles. The van der Waals surface area contributed by atoms with Crippen LogP contribution in [0, 0.1) is 5.41 Å². The molecule has 0 unspecified atom stereocenters. The van der Waals surface area contributed by atoms with E-state index < -0.39 is 9.84 Å². The van der Waals surface area contributed by atoms with E-state index in [1.807, 2.05) is 19.0 Å². The molecule has 72 valence electrons. The molecule has 12 heavy (non-hydrogen) atoms. The lowest BCUT2D eigenvalue weighted by atomic mass is 10.5. The molecule has 0 aliphatic heterocycles. The molecule has 0 aliphatic rings. The smallest absolute Gasteiger partial charge is 0.156 e. The Balaban J connectivity index is 3.98. The maximum absolute atomic E-state index is 11.2. The van der Waals surface area contributed by atoms with Gasteiger partial charge in [-0.1, -0.05) is 0 Å². The Kier molecular flexibility index (Phi) is 4.41. The van der Waals surface area contributed by atoms with Gasteiger partial charge in [-0.15, -0.1) is 0 Å². The summed E-state index contributed by atoms with van der Waals surface area (Å²) in [5, 5.41) is 7.04. The van der Waals surface area contributed by atoms with Gasteiger partial charge in [0.05, 0.1) is 11.5 Å². The molecule has 0 spiro atoms. The second-order valence-corrected chi connectivity index (χ2v) is 5.36. The largest absolute Gasteiger partial charge is 0.309 e. The predicted octanol–water partition coefficient (Wildman–Crippen LogP) is 0.00247. The van der Waals surface area contributed by atoms with Crippen molar-refractivity contribution >= 4 is 15.5 Å². The Labute approximate surface area is 74.0 Å². The van der Waals surface area contributed by atoms with Gasteiger partial charge in [-0.3, -0.25) is 0 Å². The lowest BCUT2D eigenvalue weighted by molar-refractivity contribution is 0.432. The topological polar surface area (TPSA) is 61.2 Å². The first-order valence-corrected chi connectivity index (χ1v) is 5.55. The van der Waals surface area contributed by atoms with Gasteiger partial charge in [0.2, 0.25) is 0 Å². The van der Waals surface area contributed by atoms with Gasteiger partial charge in [-0.2, -0.15) is 0 Å². The molecule has 0 aromatic rings. The molecule has 5 heteroatoms. The van der Waals surface area contributed by atoms with E-state index >= 15 is 0 Å². The van der Waals surface area contributed by atoms with Gasteiger partial charge in [-0.25, -0.2) is 8.42 Å². The summed E-state index contributed by atoms with van der Waals surface area (Å²) in [7, 11) is 0.610. The fraction of sp³-hybridized carbons (Fsp3) is 0.857. The highest BCUT2D eigenvalue weighted by Gasteiger charge is 2.11. The zero-order valence-corrected chi connectivity index (χ0v) is 8.61. The number of nitrogens with zero attached hydrogens (tertiary/aromatic N) is 1. The van der Waals surface area contributed by atoms with Crippen molar-refractivity contribution < 1.29 is 8.42 Å². The van der Waals surface area contributed by atoms with Gasteiger partial charge in [0.15, 0.2) is 9.84 Å². The van der Waals surface area contributed by atoms with Crippen molar-refractivity contribution in [1.29, 1.82) is 5.41 Å². The monoisotopic (exact) mass is 192 g/mol. The van der Waals surface area contributed by atoms with Gasteiger partial charge >= 0.3 is 0 Å². The number of hydrogen-bond acceptors (Lipinski definition) is 4. The van der Waals surface area contributed by atoms with Crippen LogP contribution in [0.5, 0.6) is 0 Å². The van der Waals surface area contributed by atoms with Crippen LogP contribution in [0.15, 0.2) is 0 Å². The second kappa shape index (κ2) is 4.57. The maximum atomic E-state index is 11.2. The summed E-state index contributed by atoms with van der Waals surface area (Å²) in [5.74, 6) is 0.0249. The first-order valence-electron chi connectivity index (χ1n) is 3.72. The van der Waals surface area contributed by atoms with Crippen molar-refractivity contribution in [3.8, 4) is 0 Å². The van der Waals surface area contributed by atoms with Crippen molar-refractivity contribution in [2.24, 2.45) is 0 Å². The minimum absolute atomic E-state index is 0.110. The van der Waals surface area contributed by atoms with Crippen molar-refractivity contribution in [2.75, 3.05) is 32.1 Å². The molecule has 1 N–H and O–H groups in total. The third-order valence-corrected chi connectivity index (χ3v) is 2.96. The van der Waals surface area contributed by atoms with Crippen molar-refractivity contribution in [1.82, 2.24) is 4.90 Å². The molecule has 4 nitrogen and oxygen atoms in total. The summed E-state index contributed by atoms with van der Waals surface area (Å²) in [5.41, 5.74) is 0.203. The first kappa shape index (κ1) is 11.6. The van der Waals surface area contributed by atoms with Crippen molar-refractivity contribution in [3.63, 3.8) is 0 Å². The van der Waals surface area contributed by atoms with Crippen LogP contribution in [0.1, 0.15) is 6.92 Å². The van der Waals surface area contributed by atoms with Gasteiger partial charge in [0.25, 0.3) is 0 Å². The summed E-state index contributed by atoms with van der Waals surface area (Å²) in [6.45, 7) is 2.03. The van der Waals surface area contributed by atoms with E-state index in [-0.39, 0.29) is 17.2 Å². The normalized spacial score (nSPS) is 12.0. The van der Waals surface area contributed by atoms with Crippen LogP contribution in [0.3, 0.4) is 0 Å². The van der Waals surface area contributed by atoms with E-state index in [1.54, 1.807) is 0 Å². The lowest BCUT2D eigenvalue weighted by Crippen LogP contribution is -2.25. The van der Waals surface area contributed by atoms with Crippen LogP contribution in [0.2, 0.25) is 0 Å². The van der Waals surface area contributed by atoms with E-state index in [2.05, 4.69) is 0 Å². The molecule has 0 saturated heterocycles. The van der Waals surface area contributed by atoms with Gasteiger partial charge in [-0.05, 0) is 21.0 Å². The molecular formula is C7H16N2O2S. The van der Waals surface area contributed by atoms with Crippen LogP contribution < -0.4 is 0 Å². The molecule has 0 saturated carbocycles. The van der Waals surface area contributed by atoms with Crippen LogP contribution in [-0.4, -0.2) is 51.2 Å². The molecule has 0 amide bonds. The van der Waals surface area contributed by atoms with E-state index in [0.717, 1.165) is 0 Å². The minimum atomic E-state index is -3.04. The maximum Gasteiger partial charge on any atom is 0.156 e. The molecule has 0 heterocycles. The highest BCUT2D eigenvalue weighted by atomic mass is 32.2. The van der Waals surface area contributed by atoms with Crippen molar-refractivity contribution in [2.45, 2.75) is 6.92 Å². The SMILES string of the molecule is CC(=N)CS(=O)(=O)CCN(C)C. The molecule has 0 rings (SSSR count). The lowest BCUT2D eigenvalue weighted by Gasteiger charge is -2.09. The average Bonchev–Trinajstić information content (AvgIpc) is 1.81. The molecule has 0 aromatic carbocycles. The Bertz CT molecular complexity index is 244. The van der Waals surface area contributed by atoms with Crippen LogP contribution in [0.25, 0.3) is 0 Å². The van der Waals surface area contributed by atoms with E-state index in [9.17, 15) is 8.42 Å². The highest BCUT2D eigenvalue weighted by molar-refractivity contribution is 7.92. The van der Waals surface area contributed by atoms with E-state index in [1.165, 1.54) is 6.92 Å². The summed E-state index contributed by atoms with van der Waals surface area (Å²) in [6.07, 6.45) is 0. The Hall–Kier alpha value is -0.420. The number of nitrogens with one attached hydrogen (secondary N) is 1. The zero-order chi connectivity index (χ0) is 9.78. The molecule has 0 fully saturated rings. The second-order valence-electron chi connectivity index (χ2n) is 3.18. The molecule has 0 aromatic heterocycles. The van der Waals surface area contributed by atoms with E-state index in [4.69, 9.17) is 5.41 Å². The van der Waals surface area contributed by atoms with E-state index in [0.29, 0.717) is 6.54 Å².